The lowest BCUT2D eigenvalue weighted by Gasteiger charge is -2.25. The molecule has 0 heterocycles. The molecule has 1 fully saturated rings. The fourth-order valence-electron chi connectivity index (χ4n) is 2.54. The van der Waals surface area contributed by atoms with Crippen molar-refractivity contribution in [2.45, 2.75) is 43.0 Å². The number of benzene rings is 1. The van der Waals surface area contributed by atoms with Crippen LogP contribution < -0.4 is 10.5 Å². The summed E-state index contributed by atoms with van der Waals surface area (Å²) < 4.78 is 36.7. The molecular weight excluding hydrogens is 319 g/mol. The summed E-state index contributed by atoms with van der Waals surface area (Å²) in [6, 6.07) is 1.66. The van der Waals surface area contributed by atoms with Crippen LogP contribution in [-0.2, 0) is 10.0 Å². The van der Waals surface area contributed by atoms with Gasteiger partial charge in [-0.05, 0) is 31.9 Å². The monoisotopic (exact) mass is 334 g/mol. The van der Waals surface area contributed by atoms with Crippen LogP contribution in [0.3, 0.4) is 0 Å². The topological polar surface area (TPSA) is 89.3 Å². The molecule has 1 aromatic rings. The van der Waals surface area contributed by atoms with Gasteiger partial charge in [-0.3, -0.25) is 4.79 Å². The predicted molar refractivity (Wildman–Crippen MR) is 77.1 cm³/mol. The van der Waals surface area contributed by atoms with Gasteiger partial charge in [0.05, 0.1) is 10.6 Å². The highest BCUT2D eigenvalue weighted by Gasteiger charge is 2.31. The van der Waals surface area contributed by atoms with Gasteiger partial charge >= 0.3 is 0 Å². The molecule has 1 aliphatic rings. The van der Waals surface area contributed by atoms with E-state index in [1.54, 1.807) is 0 Å². The number of hydrogen-bond donors (Lipinski definition) is 2. The Morgan fingerprint density at radius 2 is 1.95 bits per heavy atom. The van der Waals surface area contributed by atoms with Gasteiger partial charge < -0.3 is 5.32 Å². The highest BCUT2D eigenvalue weighted by molar-refractivity contribution is 7.89. The number of halogens is 2. The van der Waals surface area contributed by atoms with Gasteiger partial charge in [-0.15, -0.1) is 0 Å². The molecule has 1 saturated carbocycles. The van der Waals surface area contributed by atoms with Gasteiger partial charge in [0.15, 0.2) is 0 Å². The second kappa shape index (κ2) is 5.55. The van der Waals surface area contributed by atoms with Crippen molar-refractivity contribution in [3.63, 3.8) is 0 Å². The van der Waals surface area contributed by atoms with Crippen LogP contribution in [0.4, 0.5) is 4.39 Å². The summed E-state index contributed by atoms with van der Waals surface area (Å²) in [7, 11) is -4.13. The Hall–Kier alpha value is -1.18. The molecule has 3 N–H and O–H groups in total. The molecule has 0 saturated heterocycles. The Morgan fingerprint density at radius 3 is 2.48 bits per heavy atom. The van der Waals surface area contributed by atoms with Crippen LogP contribution in [0, 0.1) is 5.82 Å². The molecule has 0 spiro atoms. The van der Waals surface area contributed by atoms with E-state index in [1.807, 2.05) is 6.92 Å². The molecule has 0 aromatic heterocycles. The van der Waals surface area contributed by atoms with Crippen molar-refractivity contribution in [3.8, 4) is 0 Å². The normalized spacial score (nSPS) is 17.7. The Kier molecular flexibility index (Phi) is 4.28. The molecule has 0 bridgehead atoms. The van der Waals surface area contributed by atoms with E-state index >= 15 is 0 Å². The number of nitrogens with two attached hydrogens (primary N) is 1. The maximum atomic E-state index is 13.9. The summed E-state index contributed by atoms with van der Waals surface area (Å²) in [6.07, 6.45) is 3.58. The van der Waals surface area contributed by atoms with E-state index in [4.69, 9.17) is 16.7 Å². The zero-order valence-corrected chi connectivity index (χ0v) is 13.0. The summed E-state index contributed by atoms with van der Waals surface area (Å²) in [5.74, 6) is -1.55. The summed E-state index contributed by atoms with van der Waals surface area (Å²) in [5, 5.41) is 7.40. The van der Waals surface area contributed by atoms with E-state index < -0.39 is 32.2 Å². The first-order valence-corrected chi connectivity index (χ1v) is 8.39. The molecular formula is C13H16ClFN2O3S. The molecule has 1 aromatic carbocycles. The third-order valence-electron chi connectivity index (χ3n) is 3.70. The van der Waals surface area contributed by atoms with E-state index in [1.165, 1.54) is 0 Å². The van der Waals surface area contributed by atoms with Crippen molar-refractivity contribution in [1.29, 1.82) is 0 Å². The minimum absolute atomic E-state index is 0.348. The Morgan fingerprint density at radius 1 is 1.38 bits per heavy atom. The predicted octanol–water partition coefficient (Wildman–Crippen LogP) is 2.19. The summed E-state index contributed by atoms with van der Waals surface area (Å²) in [4.78, 5) is 11.7. The average Bonchev–Trinajstić information content (AvgIpc) is 2.73. The number of nitrogens with one attached hydrogen (secondary N) is 1. The summed E-state index contributed by atoms with van der Waals surface area (Å²) >= 11 is 5.66. The Labute approximate surface area is 127 Å². The first-order valence-electron chi connectivity index (χ1n) is 6.47. The smallest absolute Gasteiger partial charge is 0.254 e. The zero-order valence-electron chi connectivity index (χ0n) is 11.4. The summed E-state index contributed by atoms with van der Waals surface area (Å²) in [6.45, 7) is 1.88. The molecule has 5 nitrogen and oxygen atoms in total. The number of amides is 1. The number of carbonyl (C=O) groups is 1. The SMILES string of the molecule is CC1(NC(=O)c2cc(S(N)(=O)=O)c(Cl)cc2F)CCCC1. The van der Waals surface area contributed by atoms with E-state index in [9.17, 15) is 17.6 Å². The fourth-order valence-corrected chi connectivity index (χ4v) is 3.63. The van der Waals surface area contributed by atoms with E-state index in [0.29, 0.717) is 0 Å². The van der Waals surface area contributed by atoms with Crippen LogP contribution in [0.5, 0.6) is 0 Å². The standard InChI is InChI=1S/C13H16ClFN2O3S/c1-13(4-2-3-5-13)17-12(18)8-6-11(21(16,19)20)9(14)7-10(8)15/h6-7H,2-5H2,1H3,(H,17,18)(H2,16,19,20). The quantitative estimate of drug-likeness (QED) is 0.887. The second-order valence-corrected chi connectivity index (χ2v) is 7.47. The Bertz CT molecular complexity index is 685. The van der Waals surface area contributed by atoms with Crippen molar-refractivity contribution < 1.29 is 17.6 Å². The van der Waals surface area contributed by atoms with Gasteiger partial charge in [-0.2, -0.15) is 0 Å². The molecule has 0 unspecified atom stereocenters. The minimum Gasteiger partial charge on any atom is -0.347 e. The van der Waals surface area contributed by atoms with Crippen molar-refractivity contribution in [3.05, 3.63) is 28.5 Å². The lowest BCUT2D eigenvalue weighted by molar-refractivity contribution is 0.0903. The minimum atomic E-state index is -4.13. The second-order valence-electron chi connectivity index (χ2n) is 5.53. The maximum Gasteiger partial charge on any atom is 0.254 e. The molecule has 0 radical (unpaired) electrons. The third kappa shape index (κ3) is 3.53. The highest BCUT2D eigenvalue weighted by atomic mass is 35.5. The van der Waals surface area contributed by atoms with Crippen LogP contribution in [0.15, 0.2) is 17.0 Å². The van der Waals surface area contributed by atoms with Gasteiger partial charge in [0.2, 0.25) is 10.0 Å². The van der Waals surface area contributed by atoms with E-state index in [2.05, 4.69) is 5.32 Å². The van der Waals surface area contributed by atoms with Crippen molar-refractivity contribution in [2.75, 3.05) is 0 Å². The van der Waals surface area contributed by atoms with Crippen molar-refractivity contribution >= 4 is 27.5 Å². The van der Waals surface area contributed by atoms with Gasteiger partial charge in [-0.1, -0.05) is 24.4 Å². The highest BCUT2D eigenvalue weighted by Crippen LogP contribution is 2.30. The first kappa shape index (κ1) is 16.2. The number of hydrogen-bond acceptors (Lipinski definition) is 3. The lowest BCUT2D eigenvalue weighted by Crippen LogP contribution is -2.43. The molecule has 1 amide bonds. The average molecular weight is 335 g/mol. The number of rotatable bonds is 3. The molecule has 0 aliphatic heterocycles. The van der Waals surface area contributed by atoms with Crippen molar-refractivity contribution in [1.82, 2.24) is 5.32 Å². The number of sulfonamides is 1. The largest absolute Gasteiger partial charge is 0.347 e. The van der Waals surface area contributed by atoms with Gasteiger partial charge in [0.25, 0.3) is 5.91 Å². The molecule has 21 heavy (non-hydrogen) atoms. The van der Waals surface area contributed by atoms with E-state index in [0.717, 1.165) is 37.8 Å². The van der Waals surface area contributed by atoms with Gasteiger partial charge in [0, 0.05) is 5.54 Å². The van der Waals surface area contributed by atoms with Gasteiger partial charge in [0.1, 0.15) is 10.7 Å². The molecule has 2 rings (SSSR count). The van der Waals surface area contributed by atoms with Crippen LogP contribution in [-0.4, -0.2) is 19.9 Å². The van der Waals surface area contributed by atoms with Crippen LogP contribution >= 0.6 is 11.6 Å². The number of carbonyl (C=O) groups excluding carboxylic acids is 1. The van der Waals surface area contributed by atoms with Crippen LogP contribution in [0.2, 0.25) is 5.02 Å². The number of primary sulfonamides is 1. The molecule has 1 aliphatic carbocycles. The lowest BCUT2D eigenvalue weighted by atomic mass is 10.00. The van der Waals surface area contributed by atoms with Crippen molar-refractivity contribution in [2.24, 2.45) is 5.14 Å². The fraction of sp³-hybridized carbons (Fsp3) is 0.462. The Balaban J connectivity index is 2.37. The molecule has 116 valence electrons. The molecule has 0 atom stereocenters. The van der Waals surface area contributed by atoms with Gasteiger partial charge in [-0.25, -0.2) is 17.9 Å². The first-order chi connectivity index (χ1) is 9.62. The zero-order chi connectivity index (χ0) is 15.8. The third-order valence-corrected chi connectivity index (χ3v) is 5.07. The van der Waals surface area contributed by atoms with E-state index in [-0.39, 0.29) is 10.6 Å². The van der Waals surface area contributed by atoms with Crippen LogP contribution in [0.25, 0.3) is 0 Å². The molecule has 8 heteroatoms. The maximum absolute atomic E-state index is 13.9. The van der Waals surface area contributed by atoms with Crippen LogP contribution in [0.1, 0.15) is 43.0 Å². The summed E-state index contributed by atoms with van der Waals surface area (Å²) in [5.41, 5.74) is -0.776.